The number of phenolic OH excluding ortho intramolecular Hbond substituents is 1. The van der Waals surface area contributed by atoms with E-state index >= 15 is 0 Å². The molecular weight excluding hydrogens is 368 g/mol. The van der Waals surface area contributed by atoms with Crippen LogP contribution in [-0.2, 0) is 21.5 Å². The van der Waals surface area contributed by atoms with E-state index in [1.54, 1.807) is 12.1 Å². The molecule has 1 aliphatic heterocycles. The average molecular weight is 386 g/mol. The summed E-state index contributed by atoms with van der Waals surface area (Å²) in [5.41, 5.74) is 1.87. The van der Waals surface area contributed by atoms with Crippen LogP contribution in [-0.4, -0.2) is 41.6 Å². The fourth-order valence-electron chi connectivity index (χ4n) is 2.69. The van der Waals surface area contributed by atoms with Gasteiger partial charge in [-0.1, -0.05) is 11.2 Å². The van der Waals surface area contributed by atoms with Crippen LogP contribution in [0.1, 0.15) is 24.1 Å². The number of benzene rings is 1. The minimum absolute atomic E-state index is 0.0718. The molecule has 1 fully saturated rings. The molecule has 8 nitrogen and oxygen atoms in total. The van der Waals surface area contributed by atoms with Gasteiger partial charge < -0.3 is 9.94 Å². The topological polar surface area (TPSA) is 116 Å². The van der Waals surface area contributed by atoms with E-state index in [2.05, 4.69) is 10.1 Å². The fourth-order valence-corrected chi connectivity index (χ4v) is 4.17. The Labute approximate surface area is 157 Å². The molecule has 0 unspecified atom stereocenters. The standard InChI is InChI=1S/C18H18N4O4S/c19-12-14-4-7-20-16(10-14)13-26-21-15-5-8-22(9-6-15)27(24,25)18-3-1-2-17(23)11-18/h1-4,7,10-11,23H,5-6,8-9,13H2. The lowest BCUT2D eigenvalue weighted by molar-refractivity contribution is 0.125. The Morgan fingerprint density at radius 3 is 2.74 bits per heavy atom. The molecule has 3 rings (SSSR count). The van der Waals surface area contributed by atoms with Crippen molar-refractivity contribution in [2.75, 3.05) is 13.1 Å². The number of pyridine rings is 1. The number of aromatic hydroxyl groups is 1. The van der Waals surface area contributed by atoms with E-state index in [0.717, 1.165) is 5.71 Å². The van der Waals surface area contributed by atoms with Gasteiger partial charge in [-0.15, -0.1) is 0 Å². The predicted octanol–water partition coefficient (Wildman–Crippen LogP) is 2.02. The van der Waals surface area contributed by atoms with Crippen LogP contribution in [0.4, 0.5) is 0 Å². The van der Waals surface area contributed by atoms with E-state index in [1.165, 1.54) is 34.8 Å². The highest BCUT2D eigenvalue weighted by Crippen LogP contribution is 2.22. The third-order valence-corrected chi connectivity index (χ3v) is 6.00. The maximum atomic E-state index is 12.6. The molecule has 0 saturated carbocycles. The number of phenols is 1. The number of rotatable bonds is 5. The quantitative estimate of drug-likeness (QED) is 0.786. The van der Waals surface area contributed by atoms with Crippen LogP contribution in [0.5, 0.6) is 5.75 Å². The largest absolute Gasteiger partial charge is 0.508 e. The molecular formula is C18H18N4O4S. The van der Waals surface area contributed by atoms with Gasteiger partial charge >= 0.3 is 0 Å². The third-order valence-electron chi connectivity index (χ3n) is 4.11. The normalized spacial score (nSPS) is 15.1. The number of oxime groups is 1. The molecule has 2 aromatic rings. The predicted molar refractivity (Wildman–Crippen MR) is 97.3 cm³/mol. The summed E-state index contributed by atoms with van der Waals surface area (Å²) in [6.45, 7) is 0.731. The van der Waals surface area contributed by atoms with Crippen LogP contribution >= 0.6 is 0 Å². The first-order chi connectivity index (χ1) is 13.0. The molecule has 27 heavy (non-hydrogen) atoms. The molecule has 1 aromatic carbocycles. The first-order valence-corrected chi connectivity index (χ1v) is 9.75. The zero-order valence-corrected chi connectivity index (χ0v) is 15.3. The van der Waals surface area contributed by atoms with E-state index in [1.807, 2.05) is 6.07 Å². The van der Waals surface area contributed by atoms with Crippen molar-refractivity contribution in [2.45, 2.75) is 24.3 Å². The first kappa shape index (κ1) is 18.8. The van der Waals surface area contributed by atoms with Crippen LogP contribution < -0.4 is 0 Å². The van der Waals surface area contributed by atoms with E-state index in [9.17, 15) is 13.5 Å². The highest BCUT2D eigenvalue weighted by Gasteiger charge is 2.28. The van der Waals surface area contributed by atoms with Crippen molar-refractivity contribution in [3.63, 3.8) is 0 Å². The number of sulfonamides is 1. The summed E-state index contributed by atoms with van der Waals surface area (Å²) < 4.78 is 26.6. The summed E-state index contributed by atoms with van der Waals surface area (Å²) >= 11 is 0. The maximum absolute atomic E-state index is 12.6. The van der Waals surface area contributed by atoms with Gasteiger partial charge in [-0.25, -0.2) is 8.42 Å². The molecule has 2 heterocycles. The van der Waals surface area contributed by atoms with E-state index in [-0.39, 0.29) is 17.3 Å². The van der Waals surface area contributed by atoms with Crippen molar-refractivity contribution in [1.29, 1.82) is 5.26 Å². The van der Waals surface area contributed by atoms with Crippen LogP contribution in [0.15, 0.2) is 52.6 Å². The zero-order chi connectivity index (χ0) is 19.3. The molecule has 0 radical (unpaired) electrons. The molecule has 0 aliphatic carbocycles. The van der Waals surface area contributed by atoms with Gasteiger partial charge in [0.15, 0.2) is 6.61 Å². The van der Waals surface area contributed by atoms with E-state index < -0.39 is 10.0 Å². The Hall–Kier alpha value is -2.96. The summed E-state index contributed by atoms with van der Waals surface area (Å²) in [7, 11) is -3.64. The van der Waals surface area contributed by atoms with Gasteiger partial charge in [0.2, 0.25) is 10.0 Å². The van der Waals surface area contributed by atoms with E-state index in [0.29, 0.717) is 37.2 Å². The fraction of sp³-hybridized carbons (Fsp3) is 0.278. The van der Waals surface area contributed by atoms with Gasteiger partial charge in [0.1, 0.15) is 5.75 Å². The molecule has 0 spiro atoms. The van der Waals surface area contributed by atoms with Gasteiger partial charge in [-0.05, 0) is 30.3 Å². The molecule has 9 heteroatoms. The first-order valence-electron chi connectivity index (χ1n) is 8.31. The minimum atomic E-state index is -3.64. The Kier molecular flexibility index (Phi) is 5.69. The summed E-state index contributed by atoms with van der Waals surface area (Å²) in [5.74, 6) is -0.0854. The average Bonchev–Trinajstić information content (AvgIpc) is 2.68. The van der Waals surface area contributed by atoms with Gasteiger partial charge in [0.25, 0.3) is 0 Å². The lowest BCUT2D eigenvalue weighted by atomic mass is 10.1. The highest BCUT2D eigenvalue weighted by molar-refractivity contribution is 7.89. The molecule has 1 aromatic heterocycles. The van der Waals surface area contributed by atoms with E-state index in [4.69, 9.17) is 10.1 Å². The molecule has 1 saturated heterocycles. The summed E-state index contributed by atoms with van der Waals surface area (Å²) in [4.78, 5) is 9.47. The molecule has 0 atom stereocenters. The number of aromatic nitrogens is 1. The molecule has 140 valence electrons. The van der Waals surface area contributed by atoms with Crippen molar-refractivity contribution in [2.24, 2.45) is 5.16 Å². The SMILES string of the molecule is N#Cc1ccnc(CON=C2CCN(S(=O)(=O)c3cccc(O)c3)CC2)c1. The number of nitriles is 1. The van der Waals surface area contributed by atoms with Crippen molar-refractivity contribution >= 4 is 15.7 Å². The maximum Gasteiger partial charge on any atom is 0.243 e. The van der Waals surface area contributed by atoms with Gasteiger partial charge in [-0.3, -0.25) is 4.98 Å². The number of hydrogen-bond donors (Lipinski definition) is 1. The monoisotopic (exact) mass is 386 g/mol. The molecule has 0 amide bonds. The van der Waals surface area contributed by atoms with Gasteiger partial charge in [0, 0.05) is 32.1 Å². The second-order valence-corrected chi connectivity index (χ2v) is 7.92. The van der Waals surface area contributed by atoms with Gasteiger partial charge in [0.05, 0.1) is 27.9 Å². The minimum Gasteiger partial charge on any atom is -0.508 e. The van der Waals surface area contributed by atoms with Crippen LogP contribution in [0, 0.1) is 11.3 Å². The number of nitrogens with zero attached hydrogens (tertiary/aromatic N) is 4. The Morgan fingerprint density at radius 1 is 1.26 bits per heavy atom. The number of hydrogen-bond acceptors (Lipinski definition) is 7. The smallest absolute Gasteiger partial charge is 0.243 e. The Balaban J connectivity index is 1.57. The van der Waals surface area contributed by atoms with Gasteiger partial charge in [-0.2, -0.15) is 9.57 Å². The Bertz CT molecular complexity index is 988. The van der Waals surface area contributed by atoms with Crippen molar-refractivity contribution in [3.05, 3.63) is 53.9 Å². The third kappa shape index (κ3) is 4.61. The number of piperidine rings is 1. The summed E-state index contributed by atoms with van der Waals surface area (Å²) in [6.07, 6.45) is 2.46. The molecule has 0 bridgehead atoms. The lowest BCUT2D eigenvalue weighted by Gasteiger charge is -2.26. The van der Waals surface area contributed by atoms with Crippen LogP contribution in [0.2, 0.25) is 0 Å². The van der Waals surface area contributed by atoms with Crippen molar-refractivity contribution in [3.8, 4) is 11.8 Å². The summed E-state index contributed by atoms with van der Waals surface area (Å²) in [5, 5.41) is 22.4. The molecule has 1 N–H and O–H groups in total. The van der Waals surface area contributed by atoms with Crippen molar-refractivity contribution in [1.82, 2.24) is 9.29 Å². The van der Waals surface area contributed by atoms with Crippen LogP contribution in [0.25, 0.3) is 0 Å². The van der Waals surface area contributed by atoms with Crippen LogP contribution in [0.3, 0.4) is 0 Å². The Morgan fingerprint density at radius 2 is 2.04 bits per heavy atom. The van der Waals surface area contributed by atoms with Crippen molar-refractivity contribution < 1.29 is 18.4 Å². The highest BCUT2D eigenvalue weighted by atomic mass is 32.2. The second kappa shape index (κ2) is 8.16. The molecule has 1 aliphatic rings. The summed E-state index contributed by atoms with van der Waals surface area (Å²) in [6, 6.07) is 10.9. The lowest BCUT2D eigenvalue weighted by Crippen LogP contribution is -2.38. The zero-order valence-electron chi connectivity index (χ0n) is 14.4. The second-order valence-electron chi connectivity index (χ2n) is 5.98.